The Hall–Kier alpha value is -0.406. The second-order valence-electron chi connectivity index (χ2n) is 2.37. The first-order valence-corrected chi connectivity index (χ1v) is 3.38. The number of rotatable bonds is 0. The third-order valence-electron chi connectivity index (χ3n) is 1.62. The summed E-state index contributed by atoms with van der Waals surface area (Å²) in [6, 6.07) is 4.97. The van der Waals surface area contributed by atoms with E-state index < -0.39 is 11.6 Å². The molecule has 2 rings (SSSR count). The second kappa shape index (κ2) is 4.20. The van der Waals surface area contributed by atoms with E-state index in [1.807, 2.05) is 0 Å². The molecular formula is C9H4F2NY-. The van der Waals surface area contributed by atoms with Crippen molar-refractivity contribution in [2.45, 2.75) is 0 Å². The van der Waals surface area contributed by atoms with E-state index in [2.05, 4.69) is 11.1 Å². The summed E-state index contributed by atoms with van der Waals surface area (Å²) in [5.74, 6) is -1.72. The molecule has 4 heteroatoms. The van der Waals surface area contributed by atoms with Crippen molar-refractivity contribution in [3.8, 4) is 0 Å². The summed E-state index contributed by atoms with van der Waals surface area (Å²) < 4.78 is 25.6. The maximum Gasteiger partial charge on any atom is 0.0835 e. The van der Waals surface area contributed by atoms with E-state index in [0.29, 0.717) is 5.39 Å². The molecule has 1 nitrogen and oxygen atoms in total. The largest absolute Gasteiger partial charge is 0.313 e. The van der Waals surface area contributed by atoms with Gasteiger partial charge in [-0.25, -0.2) is 4.39 Å². The van der Waals surface area contributed by atoms with Crippen LogP contribution in [0, 0.1) is 17.7 Å². The summed E-state index contributed by atoms with van der Waals surface area (Å²) in [4.78, 5) is 3.76. The summed E-state index contributed by atoms with van der Waals surface area (Å²) in [7, 11) is 0. The Morgan fingerprint density at radius 2 is 2.08 bits per heavy atom. The van der Waals surface area contributed by atoms with Gasteiger partial charge in [-0.15, -0.1) is 17.5 Å². The summed E-state index contributed by atoms with van der Waals surface area (Å²) in [5.41, 5.74) is 0. The molecule has 63 valence electrons. The minimum absolute atomic E-state index is 0. The SMILES string of the molecule is Fc1c[c-]c2cnccc2c1F.[Y]. The van der Waals surface area contributed by atoms with Gasteiger partial charge in [-0.05, 0) is 6.20 Å². The maximum absolute atomic E-state index is 13.0. The molecule has 1 aromatic carbocycles. The van der Waals surface area contributed by atoms with Crippen LogP contribution >= 0.6 is 0 Å². The van der Waals surface area contributed by atoms with Gasteiger partial charge in [-0.1, -0.05) is 11.5 Å². The molecule has 0 aliphatic carbocycles. The summed E-state index contributed by atoms with van der Waals surface area (Å²) in [6.07, 6.45) is 2.86. The van der Waals surface area contributed by atoms with Gasteiger partial charge in [0.1, 0.15) is 0 Å². The van der Waals surface area contributed by atoms with Gasteiger partial charge in [0.25, 0.3) is 0 Å². The molecule has 0 bridgehead atoms. The van der Waals surface area contributed by atoms with Crippen molar-refractivity contribution in [3.05, 3.63) is 42.2 Å². The molecule has 0 atom stereocenters. The van der Waals surface area contributed by atoms with E-state index in [9.17, 15) is 8.78 Å². The van der Waals surface area contributed by atoms with Crippen molar-refractivity contribution in [1.82, 2.24) is 4.98 Å². The molecule has 2 aromatic rings. The van der Waals surface area contributed by atoms with Gasteiger partial charge in [0.05, 0.1) is 11.6 Å². The summed E-state index contributed by atoms with van der Waals surface area (Å²) in [6.45, 7) is 0. The molecule has 0 fully saturated rings. The van der Waals surface area contributed by atoms with Crippen LogP contribution in [0.25, 0.3) is 10.8 Å². The zero-order valence-electron chi connectivity index (χ0n) is 6.59. The number of hydrogen-bond acceptors (Lipinski definition) is 1. The molecule has 1 radical (unpaired) electrons. The van der Waals surface area contributed by atoms with Crippen LogP contribution in [0.2, 0.25) is 0 Å². The molecule has 0 saturated heterocycles. The van der Waals surface area contributed by atoms with Crippen LogP contribution in [-0.4, -0.2) is 4.98 Å². The number of benzene rings is 1. The third-order valence-corrected chi connectivity index (χ3v) is 1.62. The third kappa shape index (κ3) is 1.92. The van der Waals surface area contributed by atoms with E-state index in [4.69, 9.17) is 0 Å². The van der Waals surface area contributed by atoms with Gasteiger partial charge in [-0.2, -0.15) is 0 Å². The quantitative estimate of drug-likeness (QED) is 0.656. The Bertz CT molecular complexity index is 431. The Morgan fingerprint density at radius 3 is 2.85 bits per heavy atom. The fraction of sp³-hybridized carbons (Fsp3) is 0. The van der Waals surface area contributed by atoms with E-state index in [-0.39, 0.29) is 38.1 Å². The van der Waals surface area contributed by atoms with E-state index >= 15 is 0 Å². The number of aromatic nitrogens is 1. The molecule has 0 N–H and O–H groups in total. The number of nitrogens with zero attached hydrogens (tertiary/aromatic N) is 1. The van der Waals surface area contributed by atoms with Crippen LogP contribution in [0.1, 0.15) is 0 Å². The Balaban J connectivity index is 0.000000845. The molecule has 0 saturated carbocycles. The predicted molar refractivity (Wildman–Crippen MR) is 40.5 cm³/mol. The van der Waals surface area contributed by atoms with Crippen LogP contribution in [0.5, 0.6) is 0 Å². The van der Waals surface area contributed by atoms with Crippen molar-refractivity contribution in [3.63, 3.8) is 0 Å². The molecule has 0 unspecified atom stereocenters. The number of fused-ring (bicyclic) bond motifs is 1. The average Bonchev–Trinajstić information content (AvgIpc) is 2.12. The van der Waals surface area contributed by atoms with Crippen LogP contribution < -0.4 is 0 Å². The summed E-state index contributed by atoms with van der Waals surface area (Å²) >= 11 is 0. The monoisotopic (exact) mass is 253 g/mol. The fourth-order valence-corrected chi connectivity index (χ4v) is 1.03. The van der Waals surface area contributed by atoms with Gasteiger partial charge in [0.2, 0.25) is 0 Å². The Kier molecular flexibility index (Phi) is 3.45. The molecule has 0 amide bonds. The van der Waals surface area contributed by atoms with Crippen molar-refractivity contribution in [1.29, 1.82) is 0 Å². The Morgan fingerprint density at radius 1 is 1.31 bits per heavy atom. The number of halogens is 2. The fourth-order valence-electron chi connectivity index (χ4n) is 1.03. The first kappa shape index (κ1) is 10.7. The molecule has 13 heavy (non-hydrogen) atoms. The van der Waals surface area contributed by atoms with Crippen molar-refractivity contribution >= 4 is 10.8 Å². The van der Waals surface area contributed by atoms with Crippen LogP contribution in [0.3, 0.4) is 0 Å². The van der Waals surface area contributed by atoms with Gasteiger partial charge in [-0.3, -0.25) is 4.39 Å². The predicted octanol–water partition coefficient (Wildman–Crippen LogP) is 2.31. The molecule has 0 spiro atoms. The normalized spacial score (nSPS) is 9.69. The van der Waals surface area contributed by atoms with Crippen LogP contribution in [0.15, 0.2) is 24.5 Å². The zero-order valence-corrected chi connectivity index (χ0v) is 9.43. The Labute approximate surface area is 99.0 Å². The first-order chi connectivity index (χ1) is 5.79. The van der Waals surface area contributed by atoms with Crippen molar-refractivity contribution in [2.24, 2.45) is 0 Å². The van der Waals surface area contributed by atoms with E-state index in [0.717, 1.165) is 6.07 Å². The smallest absolute Gasteiger partial charge is 0.0835 e. The molecule has 1 heterocycles. The minimum Gasteiger partial charge on any atom is -0.313 e. The summed E-state index contributed by atoms with van der Waals surface area (Å²) in [5, 5.41) is 0.696. The van der Waals surface area contributed by atoms with Crippen molar-refractivity contribution < 1.29 is 41.5 Å². The maximum atomic E-state index is 13.0. The molecule has 0 aliphatic rings. The van der Waals surface area contributed by atoms with Crippen LogP contribution in [0.4, 0.5) is 8.78 Å². The zero-order chi connectivity index (χ0) is 8.55. The minimum atomic E-state index is -0.881. The van der Waals surface area contributed by atoms with E-state index in [1.54, 1.807) is 0 Å². The van der Waals surface area contributed by atoms with Gasteiger partial charge >= 0.3 is 0 Å². The van der Waals surface area contributed by atoms with E-state index in [1.165, 1.54) is 18.5 Å². The average molecular weight is 253 g/mol. The standard InChI is InChI=1S/C9H4F2N.Y/c10-8-2-1-6-5-12-4-3-7(6)9(8)11;/h2-5H;/q-1;. The molecular weight excluding hydrogens is 249 g/mol. The van der Waals surface area contributed by atoms with Gasteiger partial charge in [0.15, 0.2) is 0 Å². The molecule has 0 aliphatic heterocycles. The van der Waals surface area contributed by atoms with Crippen molar-refractivity contribution in [2.75, 3.05) is 0 Å². The topological polar surface area (TPSA) is 12.9 Å². The molecule has 1 aromatic heterocycles. The van der Waals surface area contributed by atoms with Gasteiger partial charge < -0.3 is 4.98 Å². The number of hydrogen-bond donors (Lipinski definition) is 0. The first-order valence-electron chi connectivity index (χ1n) is 3.38. The number of pyridine rings is 1. The second-order valence-corrected chi connectivity index (χ2v) is 2.37. The van der Waals surface area contributed by atoms with Gasteiger partial charge in [0, 0.05) is 38.9 Å². The van der Waals surface area contributed by atoms with Crippen LogP contribution in [-0.2, 0) is 32.7 Å².